The molecule has 8 heteroatoms. The molecule has 0 aliphatic rings. The van der Waals surface area contributed by atoms with Crippen LogP contribution in [-0.4, -0.2) is 20.1 Å². The normalized spacial score (nSPS) is 7.38. The van der Waals surface area contributed by atoms with Crippen molar-refractivity contribution in [1.82, 2.24) is 0 Å². The maximum absolute atomic E-state index is 8.64. The van der Waals surface area contributed by atoms with Crippen LogP contribution in [0, 0.1) is 0 Å². The van der Waals surface area contributed by atoms with Crippen molar-refractivity contribution in [3.63, 3.8) is 0 Å². The Hall–Kier alpha value is 2.29. The summed E-state index contributed by atoms with van der Waals surface area (Å²) in [4.78, 5) is 0. The molecule has 0 aromatic rings. The summed E-state index contributed by atoms with van der Waals surface area (Å²) >= 11 is -6.10. The van der Waals surface area contributed by atoms with Crippen molar-refractivity contribution >= 4 is 20.1 Å². The molecule has 0 radical (unpaired) electrons. The molecule has 0 spiro atoms. The van der Waals surface area contributed by atoms with E-state index in [9.17, 15) is 0 Å². The van der Waals surface area contributed by atoms with Gasteiger partial charge in [0.1, 0.15) is 0 Å². The molecule has 0 saturated carbocycles. The van der Waals surface area contributed by atoms with E-state index in [-0.39, 0.29) is 56.6 Å². The molecule has 8 heavy (non-hydrogen) atoms. The van der Waals surface area contributed by atoms with Gasteiger partial charge in [0.2, 0.25) is 0 Å². The van der Waals surface area contributed by atoms with E-state index in [1.165, 1.54) is 0 Å². The Morgan fingerprint density at radius 1 is 0.875 bits per heavy atom. The van der Waals surface area contributed by atoms with Gasteiger partial charge in [-0.2, -0.15) is 0 Å². The Morgan fingerprint density at radius 3 is 0.875 bits per heavy atom. The Labute approximate surface area is 88.6 Å². The minimum atomic E-state index is -6.10. The molecule has 32 valence electrons. The molecule has 0 bridgehead atoms. The summed E-state index contributed by atoms with van der Waals surface area (Å²) in [6, 6.07) is 0. The van der Waals surface area contributed by atoms with Crippen molar-refractivity contribution in [2.24, 2.45) is 0 Å². The Bertz CT molecular complexity index is 57.4. The predicted octanol–water partition coefficient (Wildman–Crippen LogP) is -13.1. The quantitative estimate of drug-likeness (QED) is 0.369. The van der Waals surface area contributed by atoms with Gasteiger partial charge in [-0.1, -0.05) is 0 Å². The third-order valence-corrected chi connectivity index (χ3v) is 0. The fraction of sp³-hybridized carbons (Fsp3) is 0. The van der Waals surface area contributed by atoms with Crippen LogP contribution in [0.3, 0.4) is 0 Å². The van der Waals surface area contributed by atoms with Crippen LogP contribution >= 0.6 is 0 Å². The first-order valence-electron chi connectivity index (χ1n) is 0.730. The number of rotatable bonds is 0. The van der Waals surface area contributed by atoms with Gasteiger partial charge in [0, 0.05) is 0 Å². The second-order valence-electron chi connectivity index (χ2n) is 0.447. The minimum absolute atomic E-state index is 0. The van der Waals surface area contributed by atoms with Crippen LogP contribution in [0.1, 0.15) is 0 Å². The van der Waals surface area contributed by atoms with Gasteiger partial charge in [-0.25, -0.2) is 0 Å². The van der Waals surface area contributed by atoms with Crippen LogP contribution in [0.5, 0.6) is 0 Å². The van der Waals surface area contributed by atoms with Gasteiger partial charge in [-0.3, -0.25) is 0 Å². The van der Waals surface area contributed by atoms with Gasteiger partial charge < -0.3 is 0 Å². The van der Waals surface area contributed by atoms with E-state index in [4.69, 9.17) is 13.2 Å². The molecule has 0 atom stereocenters. The molecule has 0 rings (SSSR count). The molecule has 0 amide bonds. The summed E-state index contributed by atoms with van der Waals surface area (Å²) in [7, 11) is 0. The molecule has 0 aliphatic carbocycles. The first-order valence-corrected chi connectivity index (χ1v) is 4.90. The fourth-order valence-corrected chi connectivity index (χ4v) is 0. The summed E-state index contributed by atoms with van der Waals surface area (Å²) in [5, 5.41) is 0. The van der Waals surface area contributed by atoms with Crippen molar-refractivity contribution in [1.29, 1.82) is 0 Å². The summed E-state index contributed by atoms with van der Waals surface area (Å²) in [5.74, 6) is 0. The average molecular weight is 207 g/mol. The third kappa shape index (κ3) is 84.0. The van der Waals surface area contributed by atoms with Crippen LogP contribution in [0.25, 0.3) is 0 Å². The van der Waals surface area contributed by atoms with Gasteiger partial charge in [-0.05, 0) is 0 Å². The third-order valence-electron chi connectivity index (χ3n) is 0. The van der Waals surface area contributed by atoms with Crippen LogP contribution in [0.2, 0.25) is 0 Å². The van der Waals surface area contributed by atoms with E-state index in [0.717, 1.165) is 0 Å². The summed E-state index contributed by atoms with van der Waals surface area (Å²) in [6.07, 6.45) is 0. The zero-order valence-corrected chi connectivity index (χ0v) is 7.63. The molecular weight excluding hydrogens is 207 g/mol. The summed E-state index contributed by atoms with van der Waals surface area (Å²) < 4.78 is 34.6. The SMILES string of the molecule is [Li+].[Li+].[Li+].[O]=[Sb]([O-])([O-])[O-]. The average Bonchev–Trinajstić information content (AvgIpc) is 0.722. The Kier molecular flexibility index (Phi) is 26.1. The van der Waals surface area contributed by atoms with E-state index in [1.807, 2.05) is 0 Å². The maximum atomic E-state index is 8.64. The second-order valence-corrected chi connectivity index (χ2v) is 3.00. The standard InChI is InChI=1S/3Li.4O.Sb/q3*+1;;3*-1;. The zero-order valence-electron chi connectivity index (χ0n) is 5.08. The van der Waals surface area contributed by atoms with Gasteiger partial charge in [0.25, 0.3) is 0 Å². The molecule has 4 nitrogen and oxygen atoms in total. The molecule has 0 heterocycles. The Morgan fingerprint density at radius 2 is 0.875 bits per heavy atom. The monoisotopic (exact) mass is 206 g/mol. The van der Waals surface area contributed by atoms with Crippen molar-refractivity contribution < 1.29 is 69.8 Å². The van der Waals surface area contributed by atoms with Crippen LogP contribution in [0.15, 0.2) is 0 Å². The van der Waals surface area contributed by atoms with Crippen LogP contribution in [-0.2, 0) is 3.02 Å². The molecule has 0 N–H and O–H groups in total. The van der Waals surface area contributed by atoms with E-state index in [2.05, 4.69) is 0 Å². The first kappa shape index (κ1) is 22.4. The van der Waals surface area contributed by atoms with Gasteiger partial charge in [-0.15, -0.1) is 0 Å². The van der Waals surface area contributed by atoms with Crippen LogP contribution in [0.4, 0.5) is 0 Å². The van der Waals surface area contributed by atoms with Crippen LogP contribution < -0.4 is 66.7 Å². The fourth-order valence-electron chi connectivity index (χ4n) is 0. The van der Waals surface area contributed by atoms with E-state index in [1.54, 1.807) is 0 Å². The summed E-state index contributed by atoms with van der Waals surface area (Å²) in [5.41, 5.74) is 0. The number of hydrogen-bond acceptors (Lipinski definition) is 4. The van der Waals surface area contributed by atoms with Gasteiger partial charge >= 0.3 is 89.8 Å². The van der Waals surface area contributed by atoms with Crippen molar-refractivity contribution in [2.45, 2.75) is 0 Å². The van der Waals surface area contributed by atoms with Gasteiger partial charge in [0.05, 0.1) is 0 Å². The molecule has 0 aromatic heterocycles. The van der Waals surface area contributed by atoms with E-state index >= 15 is 0 Å². The molecule has 0 aromatic carbocycles. The molecule has 0 fully saturated rings. The molecule has 0 aliphatic heterocycles. The topological polar surface area (TPSA) is 86.2 Å². The van der Waals surface area contributed by atoms with Gasteiger partial charge in [0.15, 0.2) is 0 Å². The molecule has 0 unspecified atom stereocenters. The summed E-state index contributed by atoms with van der Waals surface area (Å²) in [6.45, 7) is 0. The molecule has 0 saturated heterocycles. The predicted molar refractivity (Wildman–Crippen MR) is 6.44 cm³/mol. The first-order chi connectivity index (χ1) is 2.00. The molecular formula is Li3O4Sb. The van der Waals surface area contributed by atoms with Crippen molar-refractivity contribution in [3.05, 3.63) is 0 Å². The van der Waals surface area contributed by atoms with E-state index < -0.39 is 20.1 Å². The van der Waals surface area contributed by atoms with Crippen molar-refractivity contribution in [2.75, 3.05) is 0 Å². The zero-order chi connectivity index (χ0) is 4.50. The Balaban J connectivity index is -0.0000000267. The van der Waals surface area contributed by atoms with Crippen molar-refractivity contribution in [3.8, 4) is 0 Å². The second kappa shape index (κ2) is 9.29. The number of hydrogen-bond donors (Lipinski definition) is 0. The van der Waals surface area contributed by atoms with E-state index in [0.29, 0.717) is 0 Å².